The summed E-state index contributed by atoms with van der Waals surface area (Å²) in [5, 5.41) is 8.79. The number of nitrogens with zero attached hydrogens (tertiary/aromatic N) is 2. The van der Waals surface area contributed by atoms with Crippen LogP contribution in [0.15, 0.2) is 23.1 Å². The number of thioether (sulfide) groups is 1. The van der Waals surface area contributed by atoms with Crippen LogP contribution >= 0.6 is 24.0 Å². The Hall–Kier alpha value is -2.63. The molecule has 1 aromatic rings. The second kappa shape index (κ2) is 12.0. The predicted octanol–water partition coefficient (Wildman–Crippen LogP) is 2.39. The molecule has 0 bridgehead atoms. The number of aliphatic carboxylic acids is 1. The van der Waals surface area contributed by atoms with Crippen LogP contribution in [0.5, 0.6) is 11.5 Å². The zero-order valence-corrected chi connectivity index (χ0v) is 19.9. The molecule has 0 aliphatic carbocycles. The lowest BCUT2D eigenvalue weighted by Crippen LogP contribution is -2.43. The van der Waals surface area contributed by atoms with E-state index in [1.54, 1.807) is 29.2 Å². The Morgan fingerprint density at radius 2 is 2.00 bits per heavy atom. The quantitative estimate of drug-likeness (QED) is 0.388. The maximum absolute atomic E-state index is 12.7. The number of hydrogen-bond donors (Lipinski definition) is 1. The van der Waals surface area contributed by atoms with Crippen molar-refractivity contribution in [3.63, 3.8) is 0 Å². The molecule has 3 rings (SSSR count). The smallest absolute Gasteiger partial charge is 0.303 e. The molecular formula is C22H26N2O7S2. The minimum absolute atomic E-state index is 0.0245. The van der Waals surface area contributed by atoms with E-state index in [4.69, 9.17) is 31.5 Å². The number of thiocarbonyl (C=S) groups is 1. The number of rotatable bonds is 10. The Bertz CT molecular complexity index is 945. The van der Waals surface area contributed by atoms with Gasteiger partial charge in [-0.2, -0.15) is 0 Å². The van der Waals surface area contributed by atoms with Gasteiger partial charge in [-0.05, 0) is 37.1 Å². The van der Waals surface area contributed by atoms with Gasteiger partial charge in [0.25, 0.3) is 11.8 Å². The highest BCUT2D eigenvalue weighted by atomic mass is 32.2. The number of carboxylic acid groups (broad SMARTS) is 1. The van der Waals surface area contributed by atoms with E-state index in [-0.39, 0.29) is 31.4 Å². The second-order valence-corrected chi connectivity index (χ2v) is 8.93. The van der Waals surface area contributed by atoms with Gasteiger partial charge in [0.05, 0.1) is 24.7 Å². The van der Waals surface area contributed by atoms with E-state index in [0.717, 1.165) is 5.56 Å². The first-order valence-corrected chi connectivity index (χ1v) is 11.8. The molecule has 9 nitrogen and oxygen atoms in total. The van der Waals surface area contributed by atoms with Gasteiger partial charge in [-0.3, -0.25) is 19.3 Å². The van der Waals surface area contributed by atoms with E-state index in [0.29, 0.717) is 60.1 Å². The minimum Gasteiger partial charge on any atom is -0.490 e. The molecule has 11 heteroatoms. The number of carboxylic acids is 1. The maximum Gasteiger partial charge on any atom is 0.303 e. The summed E-state index contributed by atoms with van der Waals surface area (Å²) in [6.07, 6.45) is 2.02. The molecule has 0 spiro atoms. The monoisotopic (exact) mass is 494 g/mol. The molecule has 2 fully saturated rings. The minimum atomic E-state index is -0.909. The van der Waals surface area contributed by atoms with Crippen molar-refractivity contribution in [2.75, 3.05) is 46.1 Å². The highest BCUT2D eigenvalue weighted by Crippen LogP contribution is 2.35. The van der Waals surface area contributed by atoms with Gasteiger partial charge in [-0.15, -0.1) is 0 Å². The van der Waals surface area contributed by atoms with Crippen LogP contribution in [0.25, 0.3) is 6.08 Å². The van der Waals surface area contributed by atoms with Gasteiger partial charge >= 0.3 is 5.97 Å². The normalized spacial score (nSPS) is 17.5. The van der Waals surface area contributed by atoms with E-state index in [1.165, 1.54) is 16.7 Å². The molecule has 0 unspecified atom stereocenters. The highest BCUT2D eigenvalue weighted by Gasteiger charge is 2.31. The van der Waals surface area contributed by atoms with Crippen LogP contribution in [-0.4, -0.2) is 83.1 Å². The molecule has 178 valence electrons. The fraction of sp³-hybridized carbons (Fsp3) is 0.455. The molecule has 0 radical (unpaired) electrons. The summed E-state index contributed by atoms with van der Waals surface area (Å²) in [6.45, 7) is 4.56. The third-order valence-corrected chi connectivity index (χ3v) is 6.30. The number of hydrogen-bond acceptors (Lipinski definition) is 8. The van der Waals surface area contributed by atoms with Crippen molar-refractivity contribution < 1.29 is 33.7 Å². The average molecular weight is 495 g/mol. The van der Waals surface area contributed by atoms with Gasteiger partial charge in [-0.1, -0.05) is 30.0 Å². The molecule has 0 saturated carbocycles. The molecule has 0 atom stereocenters. The first-order valence-electron chi connectivity index (χ1n) is 10.6. The van der Waals surface area contributed by atoms with Crippen molar-refractivity contribution in [2.45, 2.75) is 19.8 Å². The molecule has 2 aliphatic heterocycles. The van der Waals surface area contributed by atoms with Crippen molar-refractivity contribution in [3.05, 3.63) is 28.7 Å². The fourth-order valence-electron chi connectivity index (χ4n) is 3.28. The van der Waals surface area contributed by atoms with Gasteiger partial charge in [0, 0.05) is 26.1 Å². The first-order chi connectivity index (χ1) is 15.9. The van der Waals surface area contributed by atoms with Crippen molar-refractivity contribution in [3.8, 4) is 11.5 Å². The number of ether oxygens (including phenoxy) is 3. The fourth-order valence-corrected chi connectivity index (χ4v) is 4.59. The third-order valence-electron chi connectivity index (χ3n) is 4.93. The van der Waals surface area contributed by atoms with Crippen LogP contribution in [0.1, 0.15) is 25.3 Å². The van der Waals surface area contributed by atoms with Crippen LogP contribution in [0.4, 0.5) is 0 Å². The summed E-state index contributed by atoms with van der Waals surface area (Å²) in [7, 11) is 0. The second-order valence-electron chi connectivity index (χ2n) is 7.25. The molecule has 2 heterocycles. The topological polar surface area (TPSA) is 106 Å². The predicted molar refractivity (Wildman–Crippen MR) is 127 cm³/mol. The van der Waals surface area contributed by atoms with Gasteiger partial charge in [0.15, 0.2) is 18.1 Å². The highest BCUT2D eigenvalue weighted by molar-refractivity contribution is 8.26. The number of morpholine rings is 1. The Morgan fingerprint density at radius 3 is 2.70 bits per heavy atom. The molecule has 1 aromatic carbocycles. The van der Waals surface area contributed by atoms with Crippen LogP contribution in [0.3, 0.4) is 0 Å². The maximum atomic E-state index is 12.7. The lowest BCUT2D eigenvalue weighted by Gasteiger charge is -2.26. The van der Waals surface area contributed by atoms with Crippen LogP contribution in [-0.2, 0) is 19.1 Å². The average Bonchev–Trinajstić information content (AvgIpc) is 3.06. The lowest BCUT2D eigenvalue weighted by molar-refractivity contribution is -0.138. The molecule has 2 amide bonds. The van der Waals surface area contributed by atoms with Crippen molar-refractivity contribution in [1.82, 2.24) is 9.80 Å². The van der Waals surface area contributed by atoms with Crippen molar-refractivity contribution in [1.29, 1.82) is 0 Å². The Morgan fingerprint density at radius 1 is 1.24 bits per heavy atom. The number of amides is 2. The summed E-state index contributed by atoms with van der Waals surface area (Å²) in [5.74, 6) is -0.357. The van der Waals surface area contributed by atoms with E-state index in [9.17, 15) is 14.4 Å². The summed E-state index contributed by atoms with van der Waals surface area (Å²) in [4.78, 5) is 39.3. The number of carbonyl (C=O) groups is 3. The first kappa shape index (κ1) is 25.0. The van der Waals surface area contributed by atoms with Gasteiger partial charge < -0.3 is 24.2 Å². The number of carbonyl (C=O) groups excluding carboxylic acids is 2. The van der Waals surface area contributed by atoms with E-state index < -0.39 is 5.97 Å². The lowest BCUT2D eigenvalue weighted by atomic mass is 10.2. The Labute approximate surface area is 201 Å². The SMILES string of the molecule is CCOc1cc(/C=C2/SC(=S)N(CCCC(=O)O)C2=O)ccc1OCC(=O)N1CCOCC1. The molecule has 0 aromatic heterocycles. The zero-order chi connectivity index (χ0) is 23.8. The summed E-state index contributed by atoms with van der Waals surface area (Å²) in [6, 6.07) is 5.22. The summed E-state index contributed by atoms with van der Waals surface area (Å²) < 4.78 is 17.1. The van der Waals surface area contributed by atoms with Crippen molar-refractivity contribution >= 4 is 52.2 Å². The van der Waals surface area contributed by atoms with Crippen LogP contribution in [0, 0.1) is 0 Å². The van der Waals surface area contributed by atoms with Crippen molar-refractivity contribution in [2.24, 2.45) is 0 Å². The van der Waals surface area contributed by atoms with E-state index in [2.05, 4.69) is 0 Å². The molecule has 2 saturated heterocycles. The van der Waals surface area contributed by atoms with Gasteiger partial charge in [-0.25, -0.2) is 0 Å². The van der Waals surface area contributed by atoms with Gasteiger partial charge in [0.2, 0.25) is 0 Å². The Kier molecular flexibility index (Phi) is 9.10. The standard InChI is InChI=1S/C22H26N2O7S2/c1-2-30-17-12-15(5-6-16(17)31-14-19(25)23-8-10-29-11-9-23)13-18-21(28)24(22(32)33-18)7-3-4-20(26)27/h5-6,12-13H,2-4,7-11,14H2,1H3,(H,26,27)/b18-13+. The molecule has 1 N–H and O–H groups in total. The summed E-state index contributed by atoms with van der Waals surface area (Å²) >= 11 is 6.46. The van der Waals surface area contributed by atoms with E-state index in [1.807, 2.05) is 6.92 Å². The molecular weight excluding hydrogens is 468 g/mol. The zero-order valence-electron chi connectivity index (χ0n) is 18.3. The number of benzene rings is 1. The Balaban J connectivity index is 1.67. The molecule has 33 heavy (non-hydrogen) atoms. The largest absolute Gasteiger partial charge is 0.490 e. The third kappa shape index (κ3) is 6.92. The molecule has 2 aliphatic rings. The summed E-state index contributed by atoms with van der Waals surface area (Å²) in [5.41, 5.74) is 0.719. The van der Waals surface area contributed by atoms with E-state index >= 15 is 0 Å². The van der Waals surface area contributed by atoms with Crippen LogP contribution < -0.4 is 9.47 Å². The van der Waals surface area contributed by atoms with Crippen LogP contribution in [0.2, 0.25) is 0 Å². The van der Waals surface area contributed by atoms with Gasteiger partial charge in [0.1, 0.15) is 4.32 Å².